The zero-order valence-corrected chi connectivity index (χ0v) is 19.9. The molecule has 0 saturated heterocycles. The quantitative estimate of drug-likeness (QED) is 0.373. The SMILES string of the molecule is CCC(Oc1ccccc1Cl)C(=O)Nc1ccc(S(=O)(=O)Nc2cc(Cl)cc(Cl)c2)cc1. The van der Waals surface area contributed by atoms with Gasteiger partial charge in [0.1, 0.15) is 5.75 Å². The van der Waals surface area contributed by atoms with E-state index in [0.717, 1.165) is 0 Å². The average molecular weight is 514 g/mol. The van der Waals surface area contributed by atoms with Gasteiger partial charge in [-0.2, -0.15) is 0 Å². The Balaban J connectivity index is 1.69. The summed E-state index contributed by atoms with van der Waals surface area (Å²) in [6, 6.07) is 17.0. The molecule has 3 aromatic rings. The van der Waals surface area contributed by atoms with E-state index in [1.54, 1.807) is 24.3 Å². The van der Waals surface area contributed by atoms with Gasteiger partial charge in [-0.05, 0) is 61.0 Å². The molecular weight excluding hydrogens is 495 g/mol. The minimum atomic E-state index is -3.88. The summed E-state index contributed by atoms with van der Waals surface area (Å²) in [5.41, 5.74) is 0.656. The van der Waals surface area contributed by atoms with Crippen LogP contribution in [0.25, 0.3) is 0 Å². The molecule has 0 radical (unpaired) electrons. The molecule has 0 saturated carbocycles. The Morgan fingerprint density at radius 1 is 0.938 bits per heavy atom. The maximum Gasteiger partial charge on any atom is 0.265 e. The number of sulfonamides is 1. The second kappa shape index (κ2) is 10.4. The number of hydrogen-bond donors (Lipinski definition) is 2. The monoisotopic (exact) mass is 512 g/mol. The lowest BCUT2D eigenvalue weighted by Gasteiger charge is -2.18. The number of amides is 1. The van der Waals surface area contributed by atoms with Crippen LogP contribution in [-0.2, 0) is 14.8 Å². The fourth-order valence-electron chi connectivity index (χ4n) is 2.78. The van der Waals surface area contributed by atoms with Gasteiger partial charge in [0.05, 0.1) is 15.6 Å². The van der Waals surface area contributed by atoms with E-state index >= 15 is 0 Å². The Hall–Kier alpha value is -2.45. The average Bonchev–Trinajstić information content (AvgIpc) is 2.72. The molecule has 6 nitrogen and oxygen atoms in total. The van der Waals surface area contributed by atoms with Gasteiger partial charge in [-0.3, -0.25) is 9.52 Å². The number of benzene rings is 3. The molecular formula is C22H19Cl3N2O4S. The first-order valence-corrected chi connectivity index (χ1v) is 12.1. The summed E-state index contributed by atoms with van der Waals surface area (Å²) in [4.78, 5) is 12.6. The van der Waals surface area contributed by atoms with E-state index in [-0.39, 0.29) is 16.5 Å². The Morgan fingerprint density at radius 3 is 2.16 bits per heavy atom. The van der Waals surface area contributed by atoms with Crippen molar-refractivity contribution in [3.8, 4) is 5.75 Å². The third-order valence-electron chi connectivity index (χ3n) is 4.32. The first-order chi connectivity index (χ1) is 15.2. The Labute approximate surface area is 201 Å². The second-order valence-electron chi connectivity index (χ2n) is 6.72. The van der Waals surface area contributed by atoms with Crippen LogP contribution in [0.5, 0.6) is 5.75 Å². The molecule has 0 heterocycles. The van der Waals surface area contributed by atoms with Crippen molar-refractivity contribution in [1.82, 2.24) is 0 Å². The molecule has 0 aromatic heterocycles. The van der Waals surface area contributed by atoms with Gasteiger partial charge in [0.15, 0.2) is 6.10 Å². The summed E-state index contributed by atoms with van der Waals surface area (Å²) in [6.45, 7) is 1.81. The van der Waals surface area contributed by atoms with Gasteiger partial charge in [-0.15, -0.1) is 0 Å². The number of rotatable bonds is 8. The van der Waals surface area contributed by atoms with Crippen LogP contribution in [-0.4, -0.2) is 20.4 Å². The van der Waals surface area contributed by atoms with Crippen LogP contribution in [0.15, 0.2) is 71.6 Å². The van der Waals surface area contributed by atoms with Gasteiger partial charge in [0, 0.05) is 15.7 Å². The molecule has 0 spiro atoms. The van der Waals surface area contributed by atoms with Crippen LogP contribution in [0.1, 0.15) is 13.3 Å². The largest absolute Gasteiger partial charge is 0.479 e. The highest BCUT2D eigenvalue weighted by molar-refractivity contribution is 7.92. The smallest absolute Gasteiger partial charge is 0.265 e. The molecule has 2 N–H and O–H groups in total. The van der Waals surface area contributed by atoms with E-state index in [1.165, 1.54) is 42.5 Å². The Bertz CT molecular complexity index is 1200. The summed E-state index contributed by atoms with van der Waals surface area (Å²) >= 11 is 17.9. The zero-order chi connectivity index (χ0) is 23.3. The molecule has 1 amide bonds. The van der Waals surface area contributed by atoms with Crippen LogP contribution in [0.4, 0.5) is 11.4 Å². The molecule has 0 aliphatic heterocycles. The number of ether oxygens (including phenoxy) is 1. The van der Waals surface area contributed by atoms with Gasteiger partial charge >= 0.3 is 0 Å². The molecule has 10 heteroatoms. The maximum atomic E-state index is 12.6. The van der Waals surface area contributed by atoms with Crippen molar-refractivity contribution in [2.24, 2.45) is 0 Å². The summed E-state index contributed by atoms with van der Waals surface area (Å²) < 4.78 is 33.4. The topological polar surface area (TPSA) is 84.5 Å². The molecule has 0 fully saturated rings. The van der Waals surface area contributed by atoms with Crippen molar-refractivity contribution in [1.29, 1.82) is 0 Å². The summed E-state index contributed by atoms with van der Waals surface area (Å²) in [5, 5.41) is 3.73. The number of carbonyl (C=O) groups is 1. The number of anilines is 2. The minimum absolute atomic E-state index is 0.00551. The van der Waals surface area contributed by atoms with Crippen LogP contribution in [0.2, 0.25) is 15.1 Å². The second-order valence-corrected chi connectivity index (χ2v) is 9.68. The van der Waals surface area contributed by atoms with E-state index in [0.29, 0.717) is 32.9 Å². The Kier molecular flexibility index (Phi) is 7.90. The molecule has 32 heavy (non-hydrogen) atoms. The highest BCUT2D eigenvalue weighted by Gasteiger charge is 2.20. The molecule has 3 aromatic carbocycles. The maximum absolute atomic E-state index is 12.6. The van der Waals surface area contributed by atoms with Crippen LogP contribution < -0.4 is 14.8 Å². The molecule has 168 valence electrons. The van der Waals surface area contributed by atoms with Crippen molar-refractivity contribution in [2.45, 2.75) is 24.3 Å². The molecule has 1 atom stereocenters. The fraction of sp³-hybridized carbons (Fsp3) is 0.136. The lowest BCUT2D eigenvalue weighted by molar-refractivity contribution is -0.122. The molecule has 0 aliphatic rings. The summed E-state index contributed by atoms with van der Waals surface area (Å²) in [5.74, 6) is 0.0273. The van der Waals surface area contributed by atoms with Crippen molar-refractivity contribution < 1.29 is 17.9 Å². The predicted molar refractivity (Wildman–Crippen MR) is 129 cm³/mol. The van der Waals surface area contributed by atoms with E-state index in [1.807, 2.05) is 6.92 Å². The van der Waals surface area contributed by atoms with Crippen molar-refractivity contribution in [3.05, 3.63) is 81.8 Å². The lowest BCUT2D eigenvalue weighted by Crippen LogP contribution is -2.32. The first-order valence-electron chi connectivity index (χ1n) is 9.49. The van der Waals surface area contributed by atoms with Crippen molar-refractivity contribution in [3.63, 3.8) is 0 Å². The zero-order valence-electron chi connectivity index (χ0n) is 16.8. The van der Waals surface area contributed by atoms with Gasteiger partial charge in [0.2, 0.25) is 0 Å². The van der Waals surface area contributed by atoms with Gasteiger partial charge in [-0.25, -0.2) is 8.42 Å². The van der Waals surface area contributed by atoms with E-state index in [2.05, 4.69) is 10.0 Å². The highest BCUT2D eigenvalue weighted by Crippen LogP contribution is 2.26. The minimum Gasteiger partial charge on any atom is -0.479 e. The number of halogens is 3. The normalized spacial score (nSPS) is 12.1. The fourth-order valence-corrected chi connectivity index (χ4v) is 4.53. The Morgan fingerprint density at radius 2 is 1.56 bits per heavy atom. The number of para-hydroxylation sites is 1. The van der Waals surface area contributed by atoms with Crippen LogP contribution in [0.3, 0.4) is 0 Å². The van der Waals surface area contributed by atoms with E-state index < -0.39 is 16.1 Å². The van der Waals surface area contributed by atoms with Crippen LogP contribution >= 0.6 is 34.8 Å². The number of hydrogen-bond acceptors (Lipinski definition) is 4. The summed E-state index contributed by atoms with van der Waals surface area (Å²) in [7, 11) is -3.88. The highest BCUT2D eigenvalue weighted by atomic mass is 35.5. The third kappa shape index (κ3) is 6.29. The van der Waals surface area contributed by atoms with Crippen molar-refractivity contribution in [2.75, 3.05) is 10.0 Å². The lowest BCUT2D eigenvalue weighted by atomic mass is 10.2. The van der Waals surface area contributed by atoms with E-state index in [4.69, 9.17) is 39.5 Å². The van der Waals surface area contributed by atoms with Gasteiger partial charge < -0.3 is 10.1 Å². The first kappa shape index (κ1) is 24.2. The summed E-state index contributed by atoms with van der Waals surface area (Å²) in [6.07, 6.45) is -0.358. The molecule has 1 unspecified atom stereocenters. The predicted octanol–water partition coefficient (Wildman–Crippen LogP) is 6.24. The van der Waals surface area contributed by atoms with E-state index in [9.17, 15) is 13.2 Å². The molecule has 0 bridgehead atoms. The van der Waals surface area contributed by atoms with Gasteiger partial charge in [0.25, 0.3) is 15.9 Å². The standard InChI is InChI=1S/C22H19Cl3N2O4S/c1-2-20(31-21-6-4-3-5-19(21)25)22(28)26-16-7-9-18(10-8-16)32(29,30)27-17-12-14(23)11-15(24)13-17/h3-13,20,27H,2H2,1H3,(H,26,28). The van der Waals surface area contributed by atoms with Crippen LogP contribution in [0, 0.1) is 0 Å². The third-order valence-corrected chi connectivity index (χ3v) is 6.46. The number of carbonyl (C=O) groups excluding carboxylic acids is 1. The van der Waals surface area contributed by atoms with Gasteiger partial charge in [-0.1, -0.05) is 53.9 Å². The molecule has 3 rings (SSSR count). The molecule has 0 aliphatic carbocycles. The number of nitrogens with one attached hydrogen (secondary N) is 2. The van der Waals surface area contributed by atoms with Crippen molar-refractivity contribution >= 4 is 62.1 Å².